The second-order valence-electron chi connectivity index (χ2n) is 4.64. The first-order valence-electron chi connectivity index (χ1n) is 6.70. The van der Waals surface area contributed by atoms with Crippen LogP contribution in [0.1, 0.15) is 20.2 Å². The molecule has 1 aromatic carbocycles. The van der Waals surface area contributed by atoms with Crippen LogP contribution in [0.25, 0.3) is 5.69 Å². The topological polar surface area (TPSA) is 76.0 Å². The molecule has 0 saturated carbocycles. The standard InChI is InChI=1S/C15H10BrFN4O2S/c16-13-5-4-12(24-13)15(23)19-18-14(22)11-6-7-21(20-11)10-3-1-2-9(17)8-10/h1-8H,(H,18,22)(H,19,23). The Morgan fingerprint density at radius 1 is 1.12 bits per heavy atom. The minimum absolute atomic E-state index is 0.0897. The Balaban J connectivity index is 1.65. The lowest BCUT2D eigenvalue weighted by Gasteiger charge is -2.04. The number of hydrazine groups is 1. The lowest BCUT2D eigenvalue weighted by molar-refractivity contribution is 0.0846. The van der Waals surface area contributed by atoms with Crippen molar-refractivity contribution in [1.82, 2.24) is 20.6 Å². The molecule has 0 aliphatic heterocycles. The highest BCUT2D eigenvalue weighted by Crippen LogP contribution is 2.21. The Labute approximate surface area is 148 Å². The van der Waals surface area contributed by atoms with E-state index in [0.29, 0.717) is 10.6 Å². The molecule has 0 aliphatic carbocycles. The fourth-order valence-corrected chi connectivity index (χ4v) is 3.16. The molecule has 2 N–H and O–H groups in total. The van der Waals surface area contributed by atoms with Crippen LogP contribution in [-0.4, -0.2) is 21.6 Å². The molecule has 0 bridgehead atoms. The summed E-state index contributed by atoms with van der Waals surface area (Å²) in [7, 11) is 0. The lowest BCUT2D eigenvalue weighted by Crippen LogP contribution is -2.41. The molecule has 6 nitrogen and oxygen atoms in total. The fourth-order valence-electron chi connectivity index (χ4n) is 1.88. The summed E-state index contributed by atoms with van der Waals surface area (Å²) < 4.78 is 15.4. The van der Waals surface area contributed by atoms with E-state index < -0.39 is 17.6 Å². The Bertz CT molecular complexity index is 908. The van der Waals surface area contributed by atoms with Crippen LogP contribution in [0, 0.1) is 5.82 Å². The van der Waals surface area contributed by atoms with Crippen LogP contribution in [0.3, 0.4) is 0 Å². The Morgan fingerprint density at radius 2 is 1.92 bits per heavy atom. The number of halogens is 2. The van der Waals surface area contributed by atoms with Crippen molar-refractivity contribution in [3.63, 3.8) is 0 Å². The second kappa shape index (κ2) is 6.93. The number of amides is 2. The lowest BCUT2D eigenvalue weighted by atomic mass is 10.3. The summed E-state index contributed by atoms with van der Waals surface area (Å²) in [5.74, 6) is -1.40. The maximum atomic E-state index is 13.2. The van der Waals surface area contributed by atoms with Crippen molar-refractivity contribution < 1.29 is 14.0 Å². The minimum atomic E-state index is -0.575. The predicted octanol–water partition coefficient (Wildman–Crippen LogP) is 2.91. The van der Waals surface area contributed by atoms with Gasteiger partial charge >= 0.3 is 0 Å². The van der Waals surface area contributed by atoms with Crippen LogP contribution < -0.4 is 10.9 Å². The van der Waals surface area contributed by atoms with E-state index >= 15 is 0 Å². The van der Waals surface area contributed by atoms with E-state index in [1.54, 1.807) is 24.3 Å². The third-order valence-electron chi connectivity index (χ3n) is 2.98. The third-order valence-corrected chi connectivity index (χ3v) is 4.60. The van der Waals surface area contributed by atoms with Crippen LogP contribution in [-0.2, 0) is 0 Å². The van der Waals surface area contributed by atoms with Crippen molar-refractivity contribution >= 4 is 39.1 Å². The highest BCUT2D eigenvalue weighted by atomic mass is 79.9. The molecule has 24 heavy (non-hydrogen) atoms. The van der Waals surface area contributed by atoms with Gasteiger partial charge in [0.05, 0.1) is 14.4 Å². The van der Waals surface area contributed by atoms with E-state index in [2.05, 4.69) is 31.9 Å². The first-order chi connectivity index (χ1) is 11.5. The fraction of sp³-hybridized carbons (Fsp3) is 0. The molecule has 3 rings (SSSR count). The van der Waals surface area contributed by atoms with Crippen LogP contribution >= 0.6 is 27.3 Å². The van der Waals surface area contributed by atoms with Gasteiger partial charge in [-0.15, -0.1) is 11.3 Å². The van der Waals surface area contributed by atoms with Crippen LogP contribution in [0.15, 0.2) is 52.4 Å². The number of hydrogen-bond donors (Lipinski definition) is 2. The summed E-state index contributed by atoms with van der Waals surface area (Å²) in [5.41, 5.74) is 5.17. The van der Waals surface area contributed by atoms with E-state index in [-0.39, 0.29) is 5.69 Å². The van der Waals surface area contributed by atoms with Gasteiger partial charge in [-0.1, -0.05) is 6.07 Å². The minimum Gasteiger partial charge on any atom is -0.266 e. The molecule has 2 aromatic heterocycles. The largest absolute Gasteiger partial charge is 0.290 e. The Hall–Kier alpha value is -2.52. The van der Waals surface area contributed by atoms with E-state index in [0.717, 1.165) is 3.79 Å². The smallest absolute Gasteiger partial charge is 0.266 e. The maximum absolute atomic E-state index is 13.2. The molecule has 0 saturated heterocycles. The van der Waals surface area contributed by atoms with Crippen molar-refractivity contribution in [3.8, 4) is 5.69 Å². The second-order valence-corrected chi connectivity index (χ2v) is 7.10. The van der Waals surface area contributed by atoms with Crippen LogP contribution in [0.4, 0.5) is 4.39 Å². The molecule has 2 heterocycles. The number of benzene rings is 1. The summed E-state index contributed by atoms with van der Waals surface area (Å²) >= 11 is 4.50. The van der Waals surface area contributed by atoms with Gasteiger partial charge < -0.3 is 0 Å². The zero-order chi connectivity index (χ0) is 17.1. The summed E-state index contributed by atoms with van der Waals surface area (Å²) in [4.78, 5) is 24.3. The van der Waals surface area contributed by atoms with E-state index in [1.165, 1.54) is 40.4 Å². The van der Waals surface area contributed by atoms with Crippen LogP contribution in [0.2, 0.25) is 0 Å². The summed E-state index contributed by atoms with van der Waals surface area (Å²) in [6.07, 6.45) is 1.53. The number of carbonyl (C=O) groups excluding carboxylic acids is 2. The molecule has 0 radical (unpaired) electrons. The molecule has 0 unspecified atom stereocenters. The average molecular weight is 409 g/mol. The summed E-state index contributed by atoms with van der Waals surface area (Å²) in [5, 5.41) is 4.06. The highest BCUT2D eigenvalue weighted by molar-refractivity contribution is 9.11. The van der Waals surface area contributed by atoms with Crippen LogP contribution in [0.5, 0.6) is 0 Å². The van der Waals surface area contributed by atoms with E-state index in [9.17, 15) is 14.0 Å². The van der Waals surface area contributed by atoms with Crippen molar-refractivity contribution in [2.45, 2.75) is 0 Å². The molecule has 0 spiro atoms. The third kappa shape index (κ3) is 3.69. The number of rotatable bonds is 3. The average Bonchev–Trinajstić information content (AvgIpc) is 3.21. The van der Waals surface area contributed by atoms with Gasteiger partial charge in [-0.05, 0) is 52.3 Å². The summed E-state index contributed by atoms with van der Waals surface area (Å²) in [6.45, 7) is 0. The maximum Gasteiger partial charge on any atom is 0.290 e. The number of thiophene rings is 1. The van der Waals surface area contributed by atoms with E-state index in [1.807, 2.05) is 0 Å². The molecular weight excluding hydrogens is 399 g/mol. The van der Waals surface area contributed by atoms with E-state index in [4.69, 9.17) is 0 Å². The number of nitrogens with one attached hydrogen (secondary N) is 2. The molecule has 0 fully saturated rings. The van der Waals surface area contributed by atoms with Gasteiger partial charge in [0.25, 0.3) is 11.8 Å². The normalized spacial score (nSPS) is 10.4. The SMILES string of the molecule is O=C(NNC(=O)c1ccc(Br)s1)c1ccn(-c2cccc(F)c2)n1. The molecule has 0 atom stereocenters. The van der Waals surface area contributed by atoms with Crippen molar-refractivity contribution in [1.29, 1.82) is 0 Å². The van der Waals surface area contributed by atoms with Gasteiger partial charge in [0.2, 0.25) is 0 Å². The highest BCUT2D eigenvalue weighted by Gasteiger charge is 2.13. The summed E-state index contributed by atoms with van der Waals surface area (Å²) in [6, 6.07) is 10.7. The molecule has 3 aromatic rings. The van der Waals surface area contributed by atoms with Gasteiger partial charge in [0.1, 0.15) is 5.82 Å². The van der Waals surface area contributed by atoms with Gasteiger partial charge in [0.15, 0.2) is 5.69 Å². The van der Waals surface area contributed by atoms with Crippen molar-refractivity contribution in [2.75, 3.05) is 0 Å². The number of carbonyl (C=O) groups is 2. The van der Waals surface area contributed by atoms with Gasteiger partial charge in [0, 0.05) is 6.20 Å². The first kappa shape index (κ1) is 16.3. The number of hydrogen-bond acceptors (Lipinski definition) is 4. The van der Waals surface area contributed by atoms with Gasteiger partial charge in [-0.3, -0.25) is 20.4 Å². The molecule has 2 amide bonds. The monoisotopic (exact) mass is 408 g/mol. The molecule has 9 heteroatoms. The predicted molar refractivity (Wildman–Crippen MR) is 90.5 cm³/mol. The molecule has 122 valence electrons. The van der Waals surface area contributed by atoms with Gasteiger partial charge in [-0.25, -0.2) is 9.07 Å². The number of nitrogens with zero attached hydrogens (tertiary/aromatic N) is 2. The quantitative estimate of drug-likeness (QED) is 0.654. The zero-order valence-corrected chi connectivity index (χ0v) is 14.4. The van der Waals surface area contributed by atoms with Gasteiger partial charge in [-0.2, -0.15) is 5.10 Å². The Kier molecular flexibility index (Phi) is 4.72. The Morgan fingerprint density at radius 3 is 2.62 bits per heavy atom. The first-order valence-corrected chi connectivity index (χ1v) is 8.31. The number of aromatic nitrogens is 2. The van der Waals surface area contributed by atoms with Crippen molar-refractivity contribution in [2.24, 2.45) is 0 Å². The van der Waals surface area contributed by atoms with Crippen molar-refractivity contribution in [3.05, 3.63) is 68.8 Å². The molecular formula is C15H10BrFN4O2S. The molecule has 0 aliphatic rings. The zero-order valence-electron chi connectivity index (χ0n) is 12.0.